The van der Waals surface area contributed by atoms with Gasteiger partial charge in [0.2, 0.25) is 0 Å². The zero-order valence-corrected chi connectivity index (χ0v) is 19.2. The van der Waals surface area contributed by atoms with Crippen molar-refractivity contribution in [3.8, 4) is 45.5 Å². The molecule has 35 heavy (non-hydrogen) atoms. The highest BCUT2D eigenvalue weighted by atomic mass is 19.1. The van der Waals surface area contributed by atoms with Gasteiger partial charge < -0.3 is 9.64 Å². The Hall–Kier alpha value is -4.50. The molecule has 1 amide bonds. The van der Waals surface area contributed by atoms with Crippen LogP contribution >= 0.6 is 0 Å². The summed E-state index contributed by atoms with van der Waals surface area (Å²) < 4.78 is 19.2. The Labute approximate surface area is 203 Å². The third-order valence-corrected chi connectivity index (χ3v) is 6.00. The maximum Gasteiger partial charge on any atom is 0.265 e. The van der Waals surface area contributed by atoms with E-state index in [2.05, 4.69) is 30.3 Å². The number of aryl methyl sites for hydroxylation is 1. The van der Waals surface area contributed by atoms with Gasteiger partial charge in [0.15, 0.2) is 6.61 Å². The second-order valence-electron chi connectivity index (χ2n) is 8.42. The van der Waals surface area contributed by atoms with Crippen LogP contribution in [0.4, 0.5) is 10.1 Å². The smallest absolute Gasteiger partial charge is 0.265 e. The molecule has 0 saturated heterocycles. The first-order valence-electron chi connectivity index (χ1n) is 11.3. The van der Waals surface area contributed by atoms with E-state index in [4.69, 9.17) is 15.0 Å². The van der Waals surface area contributed by atoms with Gasteiger partial charge in [0.1, 0.15) is 11.6 Å². The van der Waals surface area contributed by atoms with Gasteiger partial charge >= 0.3 is 0 Å². The molecular formula is C29H22FN3O2. The Morgan fingerprint density at radius 3 is 2.29 bits per heavy atom. The number of hydrogen-bond donors (Lipinski definition) is 0. The number of benzene rings is 3. The second kappa shape index (κ2) is 9.40. The molecule has 0 radical (unpaired) electrons. The average molecular weight is 464 g/mol. The van der Waals surface area contributed by atoms with E-state index in [-0.39, 0.29) is 24.8 Å². The molecule has 0 fully saturated rings. The summed E-state index contributed by atoms with van der Waals surface area (Å²) >= 11 is 0. The number of anilines is 1. The van der Waals surface area contributed by atoms with Gasteiger partial charge in [0, 0.05) is 17.7 Å². The zero-order chi connectivity index (χ0) is 24.4. The molecule has 0 bridgehead atoms. The van der Waals surface area contributed by atoms with Gasteiger partial charge in [-0.05, 0) is 72.6 Å². The molecule has 0 spiro atoms. The molecular weight excluding hydrogens is 441 g/mol. The number of rotatable bonds is 5. The fourth-order valence-electron chi connectivity index (χ4n) is 4.13. The Morgan fingerprint density at radius 2 is 1.57 bits per heavy atom. The number of amides is 1. The van der Waals surface area contributed by atoms with Gasteiger partial charge in [-0.2, -0.15) is 5.26 Å². The molecule has 0 aliphatic carbocycles. The molecule has 4 aromatic rings. The van der Waals surface area contributed by atoms with Gasteiger partial charge in [-0.3, -0.25) is 4.79 Å². The number of ether oxygens (including phenoxy) is 1. The predicted octanol–water partition coefficient (Wildman–Crippen LogP) is 6.17. The molecule has 0 N–H and O–H groups in total. The lowest BCUT2D eigenvalue weighted by atomic mass is 9.99. The van der Waals surface area contributed by atoms with E-state index in [1.54, 1.807) is 17.0 Å². The molecule has 1 aromatic heterocycles. The van der Waals surface area contributed by atoms with E-state index in [0.29, 0.717) is 29.4 Å². The highest BCUT2D eigenvalue weighted by molar-refractivity contribution is 5.98. The standard InChI is InChI=1S/C29H22FN3O2/c1-19-3-5-20(6-4-19)23-15-25(21-7-10-24(30)11-8-21)32-26(16-23)22-9-12-28-27(17-22)33(14-2-13-31)29(34)18-35-28/h3-12,15-17H,2,14,18H2,1H3. The SMILES string of the molecule is Cc1ccc(-c2cc(-c3ccc(F)cc3)nc(-c3ccc4c(c3)N(CCC#N)C(=O)CO4)c2)cc1. The van der Waals surface area contributed by atoms with Gasteiger partial charge in [-0.25, -0.2) is 9.37 Å². The van der Waals surface area contributed by atoms with Crippen LogP contribution in [0.3, 0.4) is 0 Å². The predicted molar refractivity (Wildman–Crippen MR) is 133 cm³/mol. The summed E-state index contributed by atoms with van der Waals surface area (Å²) in [4.78, 5) is 19.0. The minimum Gasteiger partial charge on any atom is -0.482 e. The summed E-state index contributed by atoms with van der Waals surface area (Å²) in [6.45, 7) is 2.29. The van der Waals surface area contributed by atoms with Crippen molar-refractivity contribution in [3.63, 3.8) is 0 Å². The van der Waals surface area contributed by atoms with E-state index < -0.39 is 0 Å². The van der Waals surface area contributed by atoms with E-state index >= 15 is 0 Å². The molecule has 3 aromatic carbocycles. The molecule has 172 valence electrons. The van der Waals surface area contributed by atoms with Crippen LogP contribution in [0.25, 0.3) is 33.6 Å². The number of fused-ring (bicyclic) bond motifs is 1. The van der Waals surface area contributed by atoms with Crippen LogP contribution in [0.2, 0.25) is 0 Å². The van der Waals surface area contributed by atoms with Gasteiger partial charge in [-0.1, -0.05) is 29.8 Å². The molecule has 0 atom stereocenters. The number of halogens is 1. The van der Waals surface area contributed by atoms with Crippen molar-refractivity contribution in [2.45, 2.75) is 13.3 Å². The first kappa shape index (κ1) is 22.3. The third kappa shape index (κ3) is 4.62. The van der Waals surface area contributed by atoms with Crippen LogP contribution in [0, 0.1) is 24.1 Å². The highest BCUT2D eigenvalue weighted by Crippen LogP contribution is 2.37. The summed E-state index contributed by atoms with van der Waals surface area (Å²) in [6.07, 6.45) is 0.227. The van der Waals surface area contributed by atoms with E-state index in [1.165, 1.54) is 17.7 Å². The maximum absolute atomic E-state index is 13.6. The summed E-state index contributed by atoms with van der Waals surface area (Å²) in [5.74, 6) is 0.110. The van der Waals surface area contributed by atoms with Crippen molar-refractivity contribution in [1.82, 2.24) is 4.98 Å². The molecule has 6 heteroatoms. The van der Waals surface area contributed by atoms with E-state index in [9.17, 15) is 9.18 Å². The molecule has 5 rings (SSSR count). The van der Waals surface area contributed by atoms with Crippen LogP contribution in [0.1, 0.15) is 12.0 Å². The molecule has 0 saturated carbocycles. The summed E-state index contributed by atoms with van der Waals surface area (Å²) in [7, 11) is 0. The lowest BCUT2D eigenvalue weighted by Gasteiger charge is -2.29. The number of nitriles is 1. The first-order valence-corrected chi connectivity index (χ1v) is 11.3. The summed E-state index contributed by atoms with van der Waals surface area (Å²) in [5.41, 5.74) is 6.83. The van der Waals surface area contributed by atoms with Gasteiger partial charge in [0.25, 0.3) is 5.91 Å². The van der Waals surface area contributed by atoms with Crippen molar-refractivity contribution >= 4 is 11.6 Å². The Bertz CT molecular complexity index is 1380. The quantitative estimate of drug-likeness (QED) is 0.355. The van der Waals surface area contributed by atoms with Crippen LogP contribution < -0.4 is 9.64 Å². The van der Waals surface area contributed by atoms with Crippen molar-refractivity contribution in [3.05, 3.63) is 90.2 Å². The van der Waals surface area contributed by atoms with Crippen molar-refractivity contribution in [2.24, 2.45) is 0 Å². The number of aromatic nitrogens is 1. The van der Waals surface area contributed by atoms with E-state index in [1.807, 2.05) is 37.3 Å². The van der Waals surface area contributed by atoms with Gasteiger partial charge in [-0.15, -0.1) is 0 Å². The molecule has 5 nitrogen and oxygen atoms in total. The van der Waals surface area contributed by atoms with E-state index in [0.717, 1.165) is 22.3 Å². The van der Waals surface area contributed by atoms with Crippen LogP contribution in [-0.4, -0.2) is 24.0 Å². The fourth-order valence-corrected chi connectivity index (χ4v) is 4.13. The average Bonchev–Trinajstić information content (AvgIpc) is 2.88. The number of carbonyl (C=O) groups excluding carboxylic acids is 1. The topological polar surface area (TPSA) is 66.2 Å². The molecule has 0 unspecified atom stereocenters. The minimum absolute atomic E-state index is 0.0480. The Morgan fingerprint density at radius 1 is 0.914 bits per heavy atom. The monoisotopic (exact) mass is 463 g/mol. The minimum atomic E-state index is -0.305. The Balaban J connectivity index is 1.64. The van der Waals surface area contributed by atoms with Crippen molar-refractivity contribution in [2.75, 3.05) is 18.1 Å². The van der Waals surface area contributed by atoms with Gasteiger partial charge in [0.05, 0.1) is 29.6 Å². The molecule has 1 aliphatic rings. The zero-order valence-electron chi connectivity index (χ0n) is 19.2. The number of nitrogens with zero attached hydrogens (tertiary/aromatic N) is 3. The van der Waals surface area contributed by atoms with Crippen LogP contribution in [-0.2, 0) is 4.79 Å². The first-order chi connectivity index (χ1) is 17.0. The molecule has 1 aliphatic heterocycles. The Kier molecular flexibility index (Phi) is 5.99. The van der Waals surface area contributed by atoms with Crippen LogP contribution in [0.15, 0.2) is 78.9 Å². The van der Waals surface area contributed by atoms with Crippen molar-refractivity contribution in [1.29, 1.82) is 5.26 Å². The van der Waals surface area contributed by atoms with Crippen LogP contribution in [0.5, 0.6) is 5.75 Å². The number of carbonyl (C=O) groups is 1. The number of pyridine rings is 1. The second-order valence-corrected chi connectivity index (χ2v) is 8.42. The van der Waals surface area contributed by atoms with Crippen molar-refractivity contribution < 1.29 is 13.9 Å². The lowest BCUT2D eigenvalue weighted by molar-refractivity contribution is -0.121. The largest absolute Gasteiger partial charge is 0.482 e. The maximum atomic E-state index is 13.6. The lowest BCUT2D eigenvalue weighted by Crippen LogP contribution is -2.39. The summed E-state index contributed by atoms with van der Waals surface area (Å²) in [6, 6.07) is 26.2. The fraction of sp³-hybridized carbons (Fsp3) is 0.138. The third-order valence-electron chi connectivity index (χ3n) is 6.00. The molecule has 2 heterocycles. The number of hydrogen-bond acceptors (Lipinski definition) is 4. The summed E-state index contributed by atoms with van der Waals surface area (Å²) in [5, 5.41) is 9.02. The highest BCUT2D eigenvalue weighted by Gasteiger charge is 2.26. The normalized spacial score (nSPS) is 12.6.